The highest BCUT2D eigenvalue weighted by atomic mass is 35.5. The van der Waals surface area contributed by atoms with Gasteiger partial charge in [0.25, 0.3) is 5.91 Å². The third kappa shape index (κ3) is 10.3. The van der Waals surface area contributed by atoms with Gasteiger partial charge in [-0.25, -0.2) is 21.6 Å². The predicted molar refractivity (Wildman–Crippen MR) is 194 cm³/mol. The number of sulfone groups is 1. The van der Waals surface area contributed by atoms with Gasteiger partial charge < -0.3 is 20.6 Å². The average Bonchev–Trinajstić information content (AvgIpc) is 3.37. The van der Waals surface area contributed by atoms with Crippen LogP contribution in [0.25, 0.3) is 0 Å². The van der Waals surface area contributed by atoms with Gasteiger partial charge in [0.1, 0.15) is 12.1 Å². The Morgan fingerprint density at radius 3 is 2.22 bits per heavy atom. The van der Waals surface area contributed by atoms with E-state index >= 15 is 0 Å². The van der Waals surface area contributed by atoms with Crippen LogP contribution in [0.5, 0.6) is 0 Å². The number of aryl methyl sites for hydroxylation is 1. The Morgan fingerprint density at radius 2 is 1.60 bits per heavy atom. The number of nitrogens with zero attached hydrogens (tertiary/aromatic N) is 1. The van der Waals surface area contributed by atoms with E-state index in [1.165, 1.54) is 40.9 Å². The zero-order valence-electron chi connectivity index (χ0n) is 28.0. The second-order valence-electron chi connectivity index (χ2n) is 12.7. The Labute approximate surface area is 302 Å². The largest absolute Gasteiger partial charge is 0.381 e. The van der Waals surface area contributed by atoms with E-state index in [4.69, 9.17) is 11.6 Å². The lowest BCUT2D eigenvalue weighted by molar-refractivity contribution is -0.147. The maximum absolute atomic E-state index is 14.0. The number of aliphatic hydroxyl groups excluding tert-OH is 1. The zero-order chi connectivity index (χ0) is 36.9. The number of carbonyl (C=O) groups is 3. The number of halogens is 1. The van der Waals surface area contributed by atoms with Crippen molar-refractivity contribution in [3.8, 4) is 0 Å². The van der Waals surface area contributed by atoms with Crippen molar-refractivity contribution in [2.45, 2.75) is 67.6 Å². The molecule has 0 unspecified atom stereocenters. The quantitative estimate of drug-likeness (QED) is 0.192. The minimum Gasteiger partial charge on any atom is -0.381 e. The van der Waals surface area contributed by atoms with Gasteiger partial charge in [0.05, 0.1) is 28.8 Å². The van der Waals surface area contributed by atoms with E-state index in [0.29, 0.717) is 5.56 Å². The Morgan fingerprint density at radius 1 is 0.980 bits per heavy atom. The van der Waals surface area contributed by atoms with Gasteiger partial charge in [-0.15, -0.1) is 11.8 Å². The van der Waals surface area contributed by atoms with Crippen LogP contribution in [0.2, 0.25) is 5.02 Å². The molecule has 1 aliphatic rings. The van der Waals surface area contributed by atoms with E-state index in [9.17, 15) is 36.3 Å². The molecule has 1 fully saturated rings. The van der Waals surface area contributed by atoms with Crippen molar-refractivity contribution < 1.29 is 36.3 Å². The molecule has 3 aromatic carbocycles. The second-order valence-corrected chi connectivity index (χ2v) is 18.5. The summed E-state index contributed by atoms with van der Waals surface area (Å²) in [5.41, 5.74) is 2.51. The Hall–Kier alpha value is -3.47. The van der Waals surface area contributed by atoms with Crippen molar-refractivity contribution in [3.05, 3.63) is 101 Å². The van der Waals surface area contributed by atoms with Crippen LogP contribution in [-0.4, -0.2) is 91.4 Å². The molecule has 4 rings (SSSR count). The van der Waals surface area contributed by atoms with Crippen LogP contribution in [0.4, 0.5) is 0 Å². The molecule has 16 heteroatoms. The van der Waals surface area contributed by atoms with Crippen LogP contribution in [-0.2, 0) is 47.2 Å². The molecule has 0 radical (unpaired) electrons. The van der Waals surface area contributed by atoms with Crippen LogP contribution in [0.3, 0.4) is 0 Å². The van der Waals surface area contributed by atoms with Crippen molar-refractivity contribution in [3.63, 3.8) is 0 Å². The number of benzene rings is 3. The molecule has 0 saturated carbocycles. The number of amides is 3. The van der Waals surface area contributed by atoms with Crippen LogP contribution >= 0.6 is 23.4 Å². The standard InChI is InChI=1S/C34H41ClN4O8S3/c1-22-10-8-9-13-24(22)19-36-32(42)30-34(2,3)48-21-39(30)33(43)29(40)27(18-23-11-6-5-7-12-23)37-31(41)28(38-49(4,44)45)20-50(46,47)26-16-14-25(35)15-17-26/h5-17,27-30,38,40H,18-21H2,1-4H3,(H,36,42)(H,37,41)/t27-,28+,29-,30+/m0/s1. The van der Waals surface area contributed by atoms with Gasteiger partial charge in [-0.2, -0.15) is 0 Å². The van der Waals surface area contributed by atoms with Crippen molar-refractivity contribution in [2.75, 3.05) is 17.9 Å². The highest BCUT2D eigenvalue weighted by Crippen LogP contribution is 2.40. The summed E-state index contributed by atoms with van der Waals surface area (Å²) in [6, 6.07) is 17.2. The predicted octanol–water partition coefficient (Wildman–Crippen LogP) is 2.42. The number of thioether (sulfide) groups is 1. The van der Waals surface area contributed by atoms with E-state index in [-0.39, 0.29) is 28.8 Å². The van der Waals surface area contributed by atoms with Crippen molar-refractivity contribution >= 4 is 60.9 Å². The maximum atomic E-state index is 14.0. The third-order valence-corrected chi connectivity index (χ3v) is 12.4. The van der Waals surface area contributed by atoms with Gasteiger partial charge in [0.2, 0.25) is 21.8 Å². The lowest BCUT2D eigenvalue weighted by atomic mass is 9.97. The van der Waals surface area contributed by atoms with Crippen molar-refractivity contribution in [2.24, 2.45) is 0 Å². The van der Waals surface area contributed by atoms with Gasteiger partial charge in [0, 0.05) is 16.3 Å². The number of nitrogens with one attached hydrogen (secondary N) is 3. The smallest absolute Gasteiger partial charge is 0.254 e. The molecule has 4 atom stereocenters. The molecule has 12 nitrogen and oxygen atoms in total. The van der Waals surface area contributed by atoms with Crippen LogP contribution in [0.1, 0.15) is 30.5 Å². The summed E-state index contributed by atoms with van der Waals surface area (Å²) in [4.78, 5) is 42.5. The fraction of sp³-hybridized carbons (Fsp3) is 0.382. The zero-order valence-corrected chi connectivity index (χ0v) is 31.2. The fourth-order valence-electron chi connectivity index (χ4n) is 5.61. The molecular formula is C34H41ClN4O8S3. The van der Waals surface area contributed by atoms with E-state index in [2.05, 4.69) is 15.4 Å². The van der Waals surface area contributed by atoms with E-state index in [1.807, 2.05) is 45.0 Å². The Kier molecular flexibility index (Phi) is 12.8. The number of aliphatic hydroxyl groups is 1. The SMILES string of the molecule is Cc1ccccc1CNC(=O)[C@H]1N(C(=O)[C@@H](O)[C@H](Cc2ccccc2)NC(=O)[C@@H](CS(=O)(=O)c2ccc(Cl)cc2)NS(C)(=O)=O)CSC1(C)C. The molecule has 0 aliphatic carbocycles. The molecule has 0 aromatic heterocycles. The molecule has 270 valence electrons. The molecule has 0 bridgehead atoms. The monoisotopic (exact) mass is 764 g/mol. The van der Waals surface area contributed by atoms with Gasteiger partial charge in [-0.1, -0.05) is 66.2 Å². The van der Waals surface area contributed by atoms with E-state index in [1.54, 1.807) is 30.3 Å². The first-order valence-corrected chi connectivity index (χ1v) is 20.5. The number of carbonyl (C=O) groups excluding carboxylic acids is 3. The van der Waals surface area contributed by atoms with Gasteiger partial charge in [0.15, 0.2) is 15.9 Å². The molecule has 1 saturated heterocycles. The normalized spacial score (nSPS) is 17.8. The summed E-state index contributed by atoms with van der Waals surface area (Å²) in [5.74, 6) is -3.21. The molecule has 1 aliphatic heterocycles. The minimum absolute atomic E-state index is 0.0783. The fourth-order valence-corrected chi connectivity index (χ4v) is 9.11. The van der Waals surface area contributed by atoms with E-state index < -0.39 is 72.3 Å². The first-order valence-electron chi connectivity index (χ1n) is 15.6. The summed E-state index contributed by atoms with van der Waals surface area (Å²) < 4.78 is 52.4. The minimum atomic E-state index is -4.23. The van der Waals surface area contributed by atoms with Crippen LogP contribution in [0.15, 0.2) is 83.8 Å². The Bertz CT molecular complexity index is 1910. The van der Waals surface area contributed by atoms with Crippen LogP contribution < -0.4 is 15.4 Å². The molecule has 0 spiro atoms. The Balaban J connectivity index is 1.60. The highest BCUT2D eigenvalue weighted by Gasteiger charge is 2.50. The third-order valence-electron chi connectivity index (χ3n) is 8.28. The first kappa shape index (κ1) is 39.3. The lowest BCUT2D eigenvalue weighted by Crippen LogP contribution is -2.60. The van der Waals surface area contributed by atoms with Gasteiger partial charge in [-0.3, -0.25) is 14.4 Å². The number of rotatable bonds is 14. The average molecular weight is 765 g/mol. The van der Waals surface area contributed by atoms with Crippen molar-refractivity contribution in [1.29, 1.82) is 0 Å². The van der Waals surface area contributed by atoms with Gasteiger partial charge >= 0.3 is 0 Å². The summed E-state index contributed by atoms with van der Waals surface area (Å²) in [6.45, 7) is 5.79. The first-order chi connectivity index (χ1) is 23.4. The van der Waals surface area contributed by atoms with E-state index in [0.717, 1.165) is 17.4 Å². The number of sulfonamides is 1. The summed E-state index contributed by atoms with van der Waals surface area (Å²) in [5, 5.41) is 17.3. The molecule has 3 amide bonds. The summed E-state index contributed by atoms with van der Waals surface area (Å²) in [6.07, 6.45) is -1.20. The lowest BCUT2D eigenvalue weighted by Gasteiger charge is -2.33. The van der Waals surface area contributed by atoms with Crippen LogP contribution in [0, 0.1) is 6.92 Å². The molecule has 4 N–H and O–H groups in total. The van der Waals surface area contributed by atoms with Gasteiger partial charge in [-0.05, 0) is 68.1 Å². The molecule has 50 heavy (non-hydrogen) atoms. The second kappa shape index (κ2) is 16.3. The molecule has 3 aromatic rings. The molecular weight excluding hydrogens is 724 g/mol. The maximum Gasteiger partial charge on any atom is 0.254 e. The number of hydrogen-bond donors (Lipinski definition) is 4. The highest BCUT2D eigenvalue weighted by molar-refractivity contribution is 8.00. The summed E-state index contributed by atoms with van der Waals surface area (Å²) in [7, 11) is -8.34. The van der Waals surface area contributed by atoms with Crippen molar-refractivity contribution in [1.82, 2.24) is 20.3 Å². The summed E-state index contributed by atoms with van der Waals surface area (Å²) >= 11 is 7.25. The molecule has 1 heterocycles. The topological polar surface area (TPSA) is 179 Å². The number of hydrogen-bond acceptors (Lipinski definition) is 9.